The van der Waals surface area contributed by atoms with Gasteiger partial charge in [-0.1, -0.05) is 6.07 Å². The maximum Gasteiger partial charge on any atom is 0.264 e. The lowest BCUT2D eigenvalue weighted by Crippen LogP contribution is -2.35. The molecule has 4 rings (SSSR count). The molecule has 0 aliphatic carbocycles. The lowest BCUT2D eigenvalue weighted by atomic mass is 10.2. The Labute approximate surface area is 159 Å². The van der Waals surface area contributed by atoms with Crippen molar-refractivity contribution < 1.29 is 19.0 Å². The third-order valence-electron chi connectivity index (χ3n) is 4.16. The molecule has 9 heteroatoms. The van der Waals surface area contributed by atoms with E-state index in [1.54, 1.807) is 37.4 Å². The summed E-state index contributed by atoms with van der Waals surface area (Å²) in [7, 11) is 1.68. The Morgan fingerprint density at radius 1 is 1.18 bits per heavy atom. The molecule has 28 heavy (non-hydrogen) atoms. The zero-order valence-corrected chi connectivity index (χ0v) is 14.8. The van der Waals surface area contributed by atoms with Gasteiger partial charge >= 0.3 is 0 Å². The molecule has 1 aliphatic rings. The summed E-state index contributed by atoms with van der Waals surface area (Å²) in [5.74, 6) is -0.0323. The molecule has 0 spiro atoms. The largest absolute Gasteiger partial charge is 0.508 e. The highest BCUT2D eigenvalue weighted by molar-refractivity contribution is 5.97. The summed E-state index contributed by atoms with van der Waals surface area (Å²) in [5, 5.41) is 15.3. The molecule has 0 bridgehead atoms. The van der Waals surface area contributed by atoms with Crippen LogP contribution >= 0.6 is 0 Å². The molecule has 0 saturated carbocycles. The Kier molecular flexibility index (Phi) is 4.40. The van der Waals surface area contributed by atoms with E-state index in [1.807, 2.05) is 0 Å². The van der Waals surface area contributed by atoms with Crippen LogP contribution in [0.1, 0.15) is 0 Å². The number of phenolic OH excluding ortho intramolecular Hbond substituents is 1. The highest BCUT2D eigenvalue weighted by Gasteiger charge is 2.22. The number of aromatic nitrogens is 2. The minimum Gasteiger partial charge on any atom is -0.508 e. The van der Waals surface area contributed by atoms with E-state index in [2.05, 4.69) is 20.6 Å². The topological polar surface area (TPSA) is 99.6 Å². The fourth-order valence-corrected chi connectivity index (χ4v) is 2.72. The first-order chi connectivity index (χ1) is 13.5. The fourth-order valence-electron chi connectivity index (χ4n) is 2.72. The predicted molar refractivity (Wildman–Crippen MR) is 102 cm³/mol. The van der Waals surface area contributed by atoms with Gasteiger partial charge in [0, 0.05) is 30.6 Å². The maximum atomic E-state index is 14.1. The van der Waals surface area contributed by atoms with Crippen LogP contribution in [0.2, 0.25) is 0 Å². The van der Waals surface area contributed by atoms with Gasteiger partial charge in [-0.25, -0.2) is 9.37 Å². The zero-order valence-electron chi connectivity index (χ0n) is 14.8. The summed E-state index contributed by atoms with van der Waals surface area (Å²) in [6.45, 7) is -0.0298. The molecule has 0 unspecified atom stereocenters. The Bertz CT molecular complexity index is 1060. The van der Waals surface area contributed by atoms with Crippen LogP contribution < -0.4 is 20.3 Å². The van der Waals surface area contributed by atoms with Gasteiger partial charge in [0.1, 0.15) is 11.5 Å². The number of nitrogens with zero attached hydrogens (tertiary/aromatic N) is 3. The van der Waals surface area contributed by atoms with Crippen LogP contribution in [0, 0.1) is 5.82 Å². The van der Waals surface area contributed by atoms with Crippen molar-refractivity contribution in [2.75, 3.05) is 29.2 Å². The second kappa shape index (κ2) is 7.03. The summed E-state index contributed by atoms with van der Waals surface area (Å²) in [6, 6.07) is 11.5. The number of phenols is 1. The normalized spacial score (nSPS) is 12.9. The number of carbonyl (C=O) groups excluding carboxylic acids is 1. The number of fused-ring (bicyclic) bond motifs is 1. The van der Waals surface area contributed by atoms with Crippen LogP contribution in [0.15, 0.2) is 48.7 Å². The molecule has 1 aromatic heterocycles. The number of amides is 1. The fraction of sp³-hybridized carbons (Fsp3) is 0.105. The van der Waals surface area contributed by atoms with Gasteiger partial charge in [-0.15, -0.1) is 0 Å². The third-order valence-corrected chi connectivity index (χ3v) is 4.16. The van der Waals surface area contributed by atoms with E-state index in [9.17, 15) is 14.3 Å². The van der Waals surface area contributed by atoms with E-state index in [-0.39, 0.29) is 30.0 Å². The number of benzene rings is 2. The Morgan fingerprint density at radius 3 is 2.82 bits per heavy atom. The number of ether oxygens (including phenoxy) is 1. The van der Waals surface area contributed by atoms with Gasteiger partial charge in [-0.05, 0) is 24.3 Å². The predicted octanol–water partition coefficient (Wildman–Crippen LogP) is 3.16. The van der Waals surface area contributed by atoms with Crippen molar-refractivity contribution in [1.82, 2.24) is 9.97 Å². The van der Waals surface area contributed by atoms with Crippen molar-refractivity contribution in [3.05, 3.63) is 54.5 Å². The van der Waals surface area contributed by atoms with Gasteiger partial charge in [0.2, 0.25) is 5.95 Å². The molecular weight excluding hydrogens is 365 g/mol. The number of hydrogen-bond acceptors (Lipinski definition) is 7. The first-order valence-electron chi connectivity index (χ1n) is 8.38. The number of anilines is 5. The molecule has 1 aliphatic heterocycles. The summed E-state index contributed by atoms with van der Waals surface area (Å²) in [6.07, 6.45) is 1.04. The van der Waals surface area contributed by atoms with Gasteiger partial charge in [0.15, 0.2) is 18.2 Å². The molecule has 2 aromatic carbocycles. The van der Waals surface area contributed by atoms with Crippen molar-refractivity contribution in [3.8, 4) is 11.5 Å². The number of carbonyl (C=O) groups is 1. The van der Waals surface area contributed by atoms with Crippen molar-refractivity contribution in [3.63, 3.8) is 0 Å². The first-order valence-corrected chi connectivity index (χ1v) is 8.38. The third kappa shape index (κ3) is 3.50. The number of hydrogen-bond donors (Lipinski definition) is 3. The smallest absolute Gasteiger partial charge is 0.264 e. The van der Waals surface area contributed by atoms with Gasteiger partial charge < -0.3 is 25.4 Å². The number of aromatic hydroxyl groups is 1. The van der Waals surface area contributed by atoms with Crippen LogP contribution in [0.5, 0.6) is 11.5 Å². The number of likely N-dealkylation sites (N-methyl/N-ethyl adjacent to an activating group) is 1. The van der Waals surface area contributed by atoms with E-state index in [0.29, 0.717) is 22.8 Å². The van der Waals surface area contributed by atoms with Crippen molar-refractivity contribution >= 4 is 34.7 Å². The molecule has 0 fully saturated rings. The van der Waals surface area contributed by atoms with E-state index >= 15 is 0 Å². The summed E-state index contributed by atoms with van der Waals surface area (Å²) in [4.78, 5) is 21.3. The Morgan fingerprint density at radius 2 is 2.00 bits per heavy atom. The maximum absolute atomic E-state index is 14.1. The number of rotatable bonds is 4. The lowest BCUT2D eigenvalue weighted by Gasteiger charge is -2.26. The average molecular weight is 381 g/mol. The summed E-state index contributed by atoms with van der Waals surface area (Å²) < 4.78 is 19.5. The molecule has 142 valence electrons. The molecule has 2 heterocycles. The van der Waals surface area contributed by atoms with Crippen molar-refractivity contribution in [2.45, 2.75) is 0 Å². The van der Waals surface area contributed by atoms with Crippen LogP contribution in [0.25, 0.3) is 0 Å². The number of halogens is 1. The second-order valence-electron chi connectivity index (χ2n) is 6.11. The van der Waals surface area contributed by atoms with Crippen molar-refractivity contribution in [2.24, 2.45) is 0 Å². The Hall–Kier alpha value is -3.88. The van der Waals surface area contributed by atoms with Crippen LogP contribution in [0.3, 0.4) is 0 Å². The quantitative estimate of drug-likeness (QED) is 0.638. The molecule has 3 N–H and O–H groups in total. The summed E-state index contributed by atoms with van der Waals surface area (Å²) in [5.41, 5.74) is 1.77. The Balaban J connectivity index is 1.56. The summed E-state index contributed by atoms with van der Waals surface area (Å²) >= 11 is 0. The van der Waals surface area contributed by atoms with Gasteiger partial charge in [0.25, 0.3) is 5.91 Å². The van der Waals surface area contributed by atoms with E-state index in [0.717, 1.165) is 6.20 Å². The molecule has 0 atom stereocenters. The first kappa shape index (κ1) is 17.5. The molecule has 3 aromatic rings. The standard InChI is InChI=1S/C19H16FN5O3/c1-25-15-6-5-12(8-16(15)28-10-17(25)27)23-19-21-9-14(20)18(24-19)22-11-3-2-4-13(26)7-11/h2-9,26H,10H2,1H3,(H2,21,22,23,24). The van der Waals surface area contributed by atoms with E-state index in [4.69, 9.17) is 4.74 Å². The molecular formula is C19H16FN5O3. The second-order valence-corrected chi connectivity index (χ2v) is 6.11. The van der Waals surface area contributed by atoms with Crippen molar-refractivity contribution in [1.29, 1.82) is 0 Å². The molecule has 8 nitrogen and oxygen atoms in total. The van der Waals surface area contributed by atoms with Gasteiger partial charge in [0.05, 0.1) is 11.9 Å². The molecule has 0 saturated heterocycles. The highest BCUT2D eigenvalue weighted by atomic mass is 19.1. The average Bonchev–Trinajstić information content (AvgIpc) is 2.68. The molecule has 0 radical (unpaired) electrons. The van der Waals surface area contributed by atoms with Gasteiger partial charge in [-0.3, -0.25) is 4.79 Å². The van der Waals surface area contributed by atoms with E-state index < -0.39 is 5.82 Å². The van der Waals surface area contributed by atoms with E-state index in [1.165, 1.54) is 17.0 Å². The minimum atomic E-state index is -0.636. The van der Waals surface area contributed by atoms with Crippen LogP contribution in [0.4, 0.5) is 33.2 Å². The zero-order chi connectivity index (χ0) is 19.7. The van der Waals surface area contributed by atoms with Gasteiger partial charge in [-0.2, -0.15) is 4.98 Å². The SMILES string of the molecule is CN1C(=O)COc2cc(Nc3ncc(F)c(Nc4cccc(O)c4)n3)ccc21. The van der Waals surface area contributed by atoms with Crippen LogP contribution in [-0.2, 0) is 4.79 Å². The highest BCUT2D eigenvalue weighted by Crippen LogP contribution is 2.34. The monoisotopic (exact) mass is 381 g/mol. The lowest BCUT2D eigenvalue weighted by molar-refractivity contribution is -0.120. The minimum absolute atomic E-state index is 0.0298. The molecule has 1 amide bonds. The van der Waals surface area contributed by atoms with Crippen LogP contribution in [-0.4, -0.2) is 34.6 Å². The number of nitrogens with one attached hydrogen (secondary N) is 2.